The van der Waals surface area contributed by atoms with Gasteiger partial charge in [0, 0.05) is 31.1 Å². The maximum absolute atomic E-state index is 13.9. The van der Waals surface area contributed by atoms with Crippen LogP contribution < -0.4 is 15.5 Å². The highest BCUT2D eigenvalue weighted by Crippen LogP contribution is 2.45. The van der Waals surface area contributed by atoms with Crippen LogP contribution in [0.1, 0.15) is 26.2 Å². The van der Waals surface area contributed by atoms with Gasteiger partial charge in [-0.25, -0.2) is 8.78 Å². The van der Waals surface area contributed by atoms with Gasteiger partial charge in [0.05, 0.1) is 13.2 Å². The molecule has 2 fully saturated rings. The summed E-state index contributed by atoms with van der Waals surface area (Å²) in [5.74, 6) is -0.359. The molecule has 0 aromatic heterocycles. The van der Waals surface area contributed by atoms with Gasteiger partial charge in [0.15, 0.2) is 5.96 Å². The van der Waals surface area contributed by atoms with Crippen LogP contribution in [0.15, 0.2) is 23.2 Å². The SMILES string of the molecule is CCNC(=NCC1(CO)CC1)NC1CCN(c2c(F)cccc2F)C1.I. The predicted octanol–water partition coefficient (Wildman–Crippen LogP) is 2.49. The number of rotatable bonds is 6. The molecule has 3 N–H and O–H groups in total. The van der Waals surface area contributed by atoms with E-state index in [9.17, 15) is 13.9 Å². The average molecular weight is 480 g/mol. The molecule has 1 aliphatic heterocycles. The van der Waals surface area contributed by atoms with Crippen LogP contribution in [0.25, 0.3) is 0 Å². The number of aliphatic hydroxyl groups is 1. The second kappa shape index (κ2) is 9.16. The Labute approximate surface area is 170 Å². The van der Waals surface area contributed by atoms with E-state index in [1.165, 1.54) is 18.2 Å². The molecule has 3 rings (SSSR count). The van der Waals surface area contributed by atoms with Gasteiger partial charge in [0.2, 0.25) is 0 Å². The monoisotopic (exact) mass is 480 g/mol. The normalized spacial score (nSPS) is 21.3. The van der Waals surface area contributed by atoms with Gasteiger partial charge < -0.3 is 20.6 Å². The maximum atomic E-state index is 13.9. The number of aliphatic imine (C=N–C) groups is 1. The lowest BCUT2D eigenvalue weighted by Crippen LogP contribution is -2.45. The molecule has 1 atom stereocenters. The number of nitrogens with zero attached hydrogens (tertiary/aromatic N) is 2. The van der Waals surface area contributed by atoms with Crippen molar-refractivity contribution in [1.29, 1.82) is 0 Å². The van der Waals surface area contributed by atoms with E-state index in [1.807, 2.05) is 6.92 Å². The fourth-order valence-electron chi connectivity index (χ4n) is 3.18. The molecule has 2 aliphatic rings. The average Bonchev–Trinajstić information content (AvgIpc) is 3.24. The summed E-state index contributed by atoms with van der Waals surface area (Å²) in [7, 11) is 0. The fraction of sp³-hybridized carbons (Fsp3) is 0.611. The first-order valence-corrected chi connectivity index (χ1v) is 8.91. The summed E-state index contributed by atoms with van der Waals surface area (Å²) in [6.07, 6.45) is 2.80. The number of hydrogen-bond donors (Lipinski definition) is 3. The van der Waals surface area contributed by atoms with E-state index in [2.05, 4.69) is 15.6 Å². The molecule has 1 heterocycles. The van der Waals surface area contributed by atoms with E-state index in [1.54, 1.807) is 4.90 Å². The molecule has 1 aliphatic carbocycles. The fourth-order valence-corrected chi connectivity index (χ4v) is 3.18. The van der Waals surface area contributed by atoms with Crippen molar-refractivity contribution in [2.45, 2.75) is 32.2 Å². The van der Waals surface area contributed by atoms with Gasteiger partial charge in [-0.1, -0.05) is 6.07 Å². The smallest absolute Gasteiger partial charge is 0.191 e. The summed E-state index contributed by atoms with van der Waals surface area (Å²) in [5.41, 5.74) is 0.00587. The lowest BCUT2D eigenvalue weighted by atomic mass is 10.1. The van der Waals surface area contributed by atoms with Gasteiger partial charge in [-0.3, -0.25) is 4.99 Å². The third kappa shape index (κ3) is 4.97. The van der Waals surface area contributed by atoms with Crippen molar-refractivity contribution in [1.82, 2.24) is 10.6 Å². The number of guanidine groups is 1. The minimum atomic E-state index is -0.528. The molecule has 0 radical (unpaired) electrons. The predicted molar refractivity (Wildman–Crippen MR) is 110 cm³/mol. The zero-order chi connectivity index (χ0) is 17.9. The van der Waals surface area contributed by atoms with E-state index < -0.39 is 11.6 Å². The molecule has 0 spiro atoms. The van der Waals surface area contributed by atoms with Crippen LogP contribution in [0.4, 0.5) is 14.5 Å². The van der Waals surface area contributed by atoms with Crippen molar-refractivity contribution in [2.75, 3.05) is 37.7 Å². The zero-order valence-corrected chi connectivity index (χ0v) is 17.3. The third-order valence-corrected chi connectivity index (χ3v) is 4.99. The molecule has 1 saturated carbocycles. The summed E-state index contributed by atoms with van der Waals surface area (Å²) < 4.78 is 27.9. The number of para-hydroxylation sites is 1. The quantitative estimate of drug-likeness (QED) is 0.333. The van der Waals surface area contributed by atoms with Crippen LogP contribution in [0, 0.1) is 17.0 Å². The Morgan fingerprint density at radius 3 is 2.62 bits per heavy atom. The minimum absolute atomic E-state index is 0. The van der Waals surface area contributed by atoms with Crippen LogP contribution >= 0.6 is 24.0 Å². The number of halogens is 3. The summed E-state index contributed by atoms with van der Waals surface area (Å²) in [6, 6.07) is 4.02. The summed E-state index contributed by atoms with van der Waals surface area (Å²) in [4.78, 5) is 6.32. The Bertz CT molecular complexity index is 619. The lowest BCUT2D eigenvalue weighted by molar-refractivity contribution is 0.217. The third-order valence-electron chi connectivity index (χ3n) is 4.99. The molecular formula is C18H27F2IN4O. The van der Waals surface area contributed by atoms with E-state index in [-0.39, 0.29) is 47.7 Å². The first kappa shape index (κ1) is 21.1. The Kier molecular flexibility index (Phi) is 7.45. The molecule has 26 heavy (non-hydrogen) atoms. The van der Waals surface area contributed by atoms with Crippen LogP contribution in [0.5, 0.6) is 0 Å². The van der Waals surface area contributed by atoms with Gasteiger partial charge >= 0.3 is 0 Å². The highest BCUT2D eigenvalue weighted by atomic mass is 127. The second-order valence-electron chi connectivity index (χ2n) is 7.00. The van der Waals surface area contributed by atoms with E-state index in [0.717, 1.165) is 25.8 Å². The van der Waals surface area contributed by atoms with Gasteiger partial charge in [-0.05, 0) is 38.3 Å². The van der Waals surface area contributed by atoms with Crippen molar-refractivity contribution >= 4 is 35.6 Å². The Balaban J connectivity index is 0.00000243. The molecule has 1 unspecified atom stereocenters. The zero-order valence-electron chi connectivity index (χ0n) is 15.0. The molecule has 5 nitrogen and oxygen atoms in total. The van der Waals surface area contributed by atoms with Gasteiger partial charge in [0.1, 0.15) is 17.3 Å². The Hall–Kier alpha value is -1.16. The number of aliphatic hydroxyl groups excluding tert-OH is 1. The standard InChI is InChI=1S/C18H26F2N4O.HI/c1-2-21-17(22-11-18(12-25)7-8-18)23-13-6-9-24(10-13)16-14(19)4-3-5-15(16)20;/h3-5,13,25H,2,6-12H2,1H3,(H2,21,22,23);1H. The minimum Gasteiger partial charge on any atom is -0.396 e. The summed E-state index contributed by atoms with van der Waals surface area (Å²) in [5, 5.41) is 16.0. The van der Waals surface area contributed by atoms with Gasteiger partial charge in [0.25, 0.3) is 0 Å². The largest absolute Gasteiger partial charge is 0.396 e. The van der Waals surface area contributed by atoms with Crippen LogP contribution in [0.2, 0.25) is 0 Å². The maximum Gasteiger partial charge on any atom is 0.191 e. The Morgan fingerprint density at radius 2 is 2.04 bits per heavy atom. The molecule has 1 aromatic rings. The number of hydrogen-bond acceptors (Lipinski definition) is 3. The van der Waals surface area contributed by atoms with Crippen molar-refractivity contribution in [2.24, 2.45) is 10.4 Å². The van der Waals surface area contributed by atoms with Crippen LogP contribution in [0.3, 0.4) is 0 Å². The number of benzene rings is 1. The van der Waals surface area contributed by atoms with Crippen LogP contribution in [-0.4, -0.2) is 49.9 Å². The van der Waals surface area contributed by atoms with Crippen molar-refractivity contribution in [3.63, 3.8) is 0 Å². The van der Waals surface area contributed by atoms with Crippen molar-refractivity contribution in [3.8, 4) is 0 Å². The van der Waals surface area contributed by atoms with E-state index >= 15 is 0 Å². The molecule has 1 saturated heterocycles. The van der Waals surface area contributed by atoms with Crippen molar-refractivity contribution < 1.29 is 13.9 Å². The topological polar surface area (TPSA) is 59.9 Å². The highest BCUT2D eigenvalue weighted by Gasteiger charge is 2.41. The van der Waals surface area contributed by atoms with Crippen molar-refractivity contribution in [3.05, 3.63) is 29.8 Å². The summed E-state index contributed by atoms with van der Waals surface area (Å²) in [6.45, 7) is 4.60. The summed E-state index contributed by atoms with van der Waals surface area (Å²) >= 11 is 0. The number of nitrogens with one attached hydrogen (secondary N) is 2. The first-order valence-electron chi connectivity index (χ1n) is 8.91. The highest BCUT2D eigenvalue weighted by molar-refractivity contribution is 14.0. The van der Waals surface area contributed by atoms with Gasteiger partial charge in [-0.15, -0.1) is 24.0 Å². The Morgan fingerprint density at radius 1 is 1.35 bits per heavy atom. The van der Waals surface area contributed by atoms with E-state index in [4.69, 9.17) is 0 Å². The molecular weight excluding hydrogens is 453 g/mol. The molecule has 8 heteroatoms. The van der Waals surface area contributed by atoms with Crippen LogP contribution in [-0.2, 0) is 0 Å². The second-order valence-corrected chi connectivity index (χ2v) is 7.00. The molecule has 0 bridgehead atoms. The lowest BCUT2D eigenvalue weighted by Gasteiger charge is -2.21. The molecule has 0 amide bonds. The number of anilines is 1. The molecule has 146 valence electrons. The molecule has 1 aromatic carbocycles. The first-order chi connectivity index (χ1) is 12.1. The van der Waals surface area contributed by atoms with E-state index in [0.29, 0.717) is 25.6 Å². The van der Waals surface area contributed by atoms with Gasteiger partial charge in [-0.2, -0.15) is 0 Å².